The number of carbonyl (C=O) groups excluding carboxylic acids is 3. The van der Waals surface area contributed by atoms with E-state index in [0.717, 1.165) is 51.4 Å². The molecule has 0 heterocycles. The van der Waals surface area contributed by atoms with E-state index < -0.39 is 75.8 Å². The Morgan fingerprint density at radius 2 is 1.37 bits per heavy atom. The van der Waals surface area contributed by atoms with Crippen molar-refractivity contribution >= 4 is 31.5 Å². The van der Waals surface area contributed by atoms with Crippen molar-refractivity contribution in [1.82, 2.24) is 0 Å². The molecule has 336 valence electrons. The summed E-state index contributed by atoms with van der Waals surface area (Å²) in [5.74, 6) is -3.49. The largest absolute Gasteiger partial charge is 0.480 e. The number of ether oxygens (including phenoxy) is 2. The van der Waals surface area contributed by atoms with Crippen LogP contribution in [0.5, 0.6) is 0 Å². The van der Waals surface area contributed by atoms with Crippen molar-refractivity contribution in [3.63, 3.8) is 0 Å². The van der Waals surface area contributed by atoms with Gasteiger partial charge in [-0.25, -0.2) is 4.57 Å². The van der Waals surface area contributed by atoms with Crippen LogP contribution in [-0.4, -0.2) is 88.1 Å². The number of phosphoric acid groups is 1. The topological polar surface area (TPSA) is 229 Å². The minimum atomic E-state index is -4.79. The quantitative estimate of drug-likeness (QED) is 0.0178. The lowest BCUT2D eigenvalue weighted by atomic mass is 9.90. The summed E-state index contributed by atoms with van der Waals surface area (Å²) in [7, 11) is -4.79. The van der Waals surface area contributed by atoms with Gasteiger partial charge in [-0.3, -0.25) is 28.2 Å². The number of allylic oxidation sites excluding steroid dienone is 9. The number of carboxylic acid groups (broad SMARTS) is 1. The van der Waals surface area contributed by atoms with Gasteiger partial charge < -0.3 is 35.4 Å². The van der Waals surface area contributed by atoms with Crippen LogP contribution in [0.3, 0.4) is 0 Å². The number of hydrogen-bond acceptors (Lipinski definition) is 12. The fraction of sp³-hybridized carbons (Fsp3) is 0.682. The van der Waals surface area contributed by atoms with Crippen molar-refractivity contribution in [2.24, 2.45) is 17.6 Å². The molecule has 15 heteroatoms. The zero-order valence-corrected chi connectivity index (χ0v) is 36.2. The number of carbonyl (C=O) groups is 4. The highest BCUT2D eigenvalue weighted by Gasteiger charge is 2.39. The SMILES string of the molecule is CCCCC/C=C\C/C=C\C/C=C\CCCCC(=O)O[C@H](COC(=O)CCC/C=C\C[C@H]1[C@@H](O)CC(=O)[C@@H]1/C=C/[C@@H](O)CCCCC)COP(=O)(O)OC[C@H](N)C(=O)O. The standard InChI is InChI=1S/C44H72NO13P/c1-3-5-7-8-9-10-11-12-13-14-15-16-17-18-24-28-43(50)58-36(33-56-59(53,54)57-34-39(45)44(51)52)32-55-42(49)27-23-20-19-22-26-37-38(41(48)31-40(37)47)30-29-35(46)25-21-6-4-2/h9-10,12-13,15-16,19,22,29-30,35-40,46-47H,3-8,11,14,17-18,20-21,23-28,31-34,45H2,1-2H3,(H,51,52)(H,53,54)/b10-9-,13-12-,16-15-,22-19-,30-29+/t35-,36+,37+,38+,39-,40-/m0/s1. The highest BCUT2D eigenvalue weighted by molar-refractivity contribution is 7.47. The lowest BCUT2D eigenvalue weighted by Gasteiger charge is -2.20. The molecule has 0 aliphatic heterocycles. The van der Waals surface area contributed by atoms with E-state index in [1.165, 1.54) is 19.3 Å². The van der Waals surface area contributed by atoms with Crippen LogP contribution in [0, 0.1) is 11.8 Å². The molecule has 14 nitrogen and oxygen atoms in total. The third-order valence-corrected chi connectivity index (χ3v) is 10.6. The van der Waals surface area contributed by atoms with E-state index in [0.29, 0.717) is 32.1 Å². The van der Waals surface area contributed by atoms with E-state index in [-0.39, 0.29) is 31.0 Å². The molecule has 0 spiro atoms. The van der Waals surface area contributed by atoms with E-state index in [1.54, 1.807) is 12.2 Å². The van der Waals surface area contributed by atoms with Gasteiger partial charge in [-0.05, 0) is 70.6 Å². The number of carboxylic acids is 1. The number of unbranched alkanes of at least 4 members (excludes halogenated alkanes) is 8. The minimum Gasteiger partial charge on any atom is -0.480 e. The lowest BCUT2D eigenvalue weighted by Crippen LogP contribution is -2.34. The van der Waals surface area contributed by atoms with Crippen LogP contribution in [0.1, 0.15) is 136 Å². The molecule has 0 aromatic carbocycles. The van der Waals surface area contributed by atoms with Crippen LogP contribution >= 0.6 is 7.82 Å². The van der Waals surface area contributed by atoms with Crippen LogP contribution in [0.25, 0.3) is 0 Å². The first-order chi connectivity index (χ1) is 28.3. The summed E-state index contributed by atoms with van der Waals surface area (Å²) in [5, 5.41) is 29.6. The molecule has 0 radical (unpaired) electrons. The van der Waals surface area contributed by atoms with Crippen LogP contribution in [0.4, 0.5) is 0 Å². The summed E-state index contributed by atoms with van der Waals surface area (Å²) in [6.07, 6.45) is 30.9. The van der Waals surface area contributed by atoms with Gasteiger partial charge in [0.25, 0.3) is 0 Å². The van der Waals surface area contributed by atoms with Crippen LogP contribution in [0.2, 0.25) is 0 Å². The molecule has 1 aliphatic rings. The van der Waals surface area contributed by atoms with Gasteiger partial charge in [-0.1, -0.05) is 107 Å². The Labute approximate surface area is 351 Å². The summed E-state index contributed by atoms with van der Waals surface area (Å²) in [6, 6.07) is -1.57. The number of nitrogens with two attached hydrogens (primary N) is 1. The summed E-state index contributed by atoms with van der Waals surface area (Å²) >= 11 is 0. The van der Waals surface area contributed by atoms with Crippen molar-refractivity contribution in [1.29, 1.82) is 0 Å². The molecule has 59 heavy (non-hydrogen) atoms. The molecule has 1 unspecified atom stereocenters. The number of ketones is 1. The zero-order chi connectivity index (χ0) is 43.7. The van der Waals surface area contributed by atoms with Crippen molar-refractivity contribution in [3.8, 4) is 0 Å². The van der Waals surface area contributed by atoms with Crippen molar-refractivity contribution < 1.29 is 62.5 Å². The van der Waals surface area contributed by atoms with Gasteiger partial charge in [0.1, 0.15) is 18.4 Å². The predicted molar refractivity (Wildman–Crippen MR) is 227 cm³/mol. The highest BCUT2D eigenvalue weighted by atomic mass is 31.2. The molecular formula is C44H72NO13P. The number of aliphatic carboxylic acids is 1. The van der Waals surface area contributed by atoms with Gasteiger partial charge in [0.15, 0.2) is 6.10 Å². The van der Waals surface area contributed by atoms with E-state index >= 15 is 0 Å². The van der Waals surface area contributed by atoms with Crippen LogP contribution in [0.15, 0.2) is 60.8 Å². The van der Waals surface area contributed by atoms with Gasteiger partial charge in [-0.2, -0.15) is 0 Å². The van der Waals surface area contributed by atoms with Gasteiger partial charge in [0, 0.05) is 31.1 Å². The number of Topliss-reactive ketones (excluding diaryl/α,β-unsaturated/α-hetero) is 1. The van der Waals surface area contributed by atoms with Crippen molar-refractivity contribution in [3.05, 3.63) is 60.8 Å². The average Bonchev–Trinajstić information content (AvgIpc) is 3.47. The number of aliphatic hydroxyl groups excluding tert-OH is 2. The molecule has 7 atom stereocenters. The predicted octanol–water partition coefficient (Wildman–Crippen LogP) is 7.76. The Morgan fingerprint density at radius 3 is 2.03 bits per heavy atom. The number of esters is 2. The van der Waals surface area contributed by atoms with E-state index in [9.17, 15) is 38.8 Å². The summed E-state index contributed by atoms with van der Waals surface area (Å²) in [6.45, 7) is 2.34. The van der Waals surface area contributed by atoms with Crippen molar-refractivity contribution in [2.45, 2.75) is 160 Å². The molecule has 6 N–H and O–H groups in total. The Kier molecular flexibility index (Phi) is 30.5. The summed E-state index contributed by atoms with van der Waals surface area (Å²) in [4.78, 5) is 58.6. The maximum atomic E-state index is 12.6. The molecule has 0 aromatic rings. The highest BCUT2D eigenvalue weighted by Crippen LogP contribution is 2.43. The Morgan fingerprint density at radius 1 is 0.797 bits per heavy atom. The third-order valence-electron chi connectivity index (χ3n) is 9.61. The van der Waals surface area contributed by atoms with Gasteiger partial charge in [0.2, 0.25) is 0 Å². The second-order valence-corrected chi connectivity index (χ2v) is 16.4. The number of hydrogen-bond donors (Lipinski definition) is 5. The molecule has 1 aliphatic carbocycles. The van der Waals surface area contributed by atoms with Gasteiger partial charge >= 0.3 is 25.7 Å². The Hall–Kier alpha value is -3.23. The fourth-order valence-electron chi connectivity index (χ4n) is 6.11. The first kappa shape index (κ1) is 53.8. The van der Waals surface area contributed by atoms with Gasteiger partial charge in [-0.15, -0.1) is 0 Å². The number of rotatable bonds is 35. The van der Waals surface area contributed by atoms with Crippen molar-refractivity contribution in [2.75, 3.05) is 19.8 Å². The first-order valence-electron chi connectivity index (χ1n) is 21.4. The molecule has 0 aromatic heterocycles. The molecule has 0 saturated heterocycles. The maximum absolute atomic E-state index is 12.6. The molecule has 1 fully saturated rings. The van der Waals surface area contributed by atoms with Crippen LogP contribution in [-0.2, 0) is 42.3 Å². The van der Waals surface area contributed by atoms with E-state index in [4.69, 9.17) is 24.8 Å². The molecule has 0 bridgehead atoms. The lowest BCUT2D eigenvalue weighted by molar-refractivity contribution is -0.161. The zero-order valence-electron chi connectivity index (χ0n) is 35.3. The second kappa shape index (κ2) is 33.5. The monoisotopic (exact) mass is 853 g/mol. The Bertz CT molecular complexity index is 1390. The van der Waals surface area contributed by atoms with Crippen LogP contribution < -0.4 is 5.73 Å². The molecular weight excluding hydrogens is 781 g/mol. The number of aliphatic hydroxyl groups is 2. The second-order valence-electron chi connectivity index (χ2n) is 14.9. The molecule has 1 rings (SSSR count). The number of phosphoric ester groups is 1. The Balaban J connectivity index is 2.56. The van der Waals surface area contributed by atoms with E-state index in [1.807, 2.05) is 12.2 Å². The maximum Gasteiger partial charge on any atom is 0.472 e. The smallest absolute Gasteiger partial charge is 0.472 e. The third kappa shape index (κ3) is 28.0. The summed E-state index contributed by atoms with van der Waals surface area (Å²) < 4.78 is 32.6. The van der Waals surface area contributed by atoms with Gasteiger partial charge in [0.05, 0.1) is 25.4 Å². The fourth-order valence-corrected chi connectivity index (χ4v) is 6.89. The van der Waals surface area contributed by atoms with E-state index in [2.05, 4.69) is 54.8 Å². The first-order valence-corrected chi connectivity index (χ1v) is 22.9. The normalized spacial score (nSPS) is 20.0. The molecule has 0 amide bonds. The summed E-state index contributed by atoms with van der Waals surface area (Å²) in [5.41, 5.74) is 5.32. The molecule has 1 saturated carbocycles. The minimum absolute atomic E-state index is 0.0197. The average molecular weight is 854 g/mol.